The highest BCUT2D eigenvalue weighted by Crippen LogP contribution is 2.25. The number of ether oxygens (including phenoxy) is 1. The highest BCUT2D eigenvalue weighted by molar-refractivity contribution is 7.92. The van der Waals surface area contributed by atoms with Crippen molar-refractivity contribution in [2.45, 2.75) is 11.8 Å². The molecule has 0 atom stereocenters. The first-order chi connectivity index (χ1) is 11.3. The number of aromatic nitrogens is 1. The Morgan fingerprint density at radius 3 is 2.58 bits per heavy atom. The zero-order chi connectivity index (χ0) is 17.5. The van der Waals surface area contributed by atoms with E-state index in [9.17, 15) is 13.2 Å². The lowest BCUT2D eigenvalue weighted by Gasteiger charge is -2.10. The standard InChI is InChI=1S/C16H16N2O4S2/c1-10-8-12(5-7-14(10)22-3)24(20,21)17-11-4-6-13-15(9-11)23-16(19)18(13)2/h4-9,17H,1-3H3. The molecule has 3 rings (SSSR count). The summed E-state index contributed by atoms with van der Waals surface area (Å²) in [5.41, 5.74) is 1.92. The van der Waals surface area contributed by atoms with E-state index in [1.807, 2.05) is 0 Å². The Morgan fingerprint density at radius 1 is 1.17 bits per heavy atom. The topological polar surface area (TPSA) is 77.4 Å². The molecule has 3 aromatic rings. The summed E-state index contributed by atoms with van der Waals surface area (Å²) >= 11 is 1.08. The van der Waals surface area contributed by atoms with Gasteiger partial charge in [-0.3, -0.25) is 9.52 Å². The highest BCUT2D eigenvalue weighted by Gasteiger charge is 2.16. The van der Waals surface area contributed by atoms with Crippen LogP contribution in [0.3, 0.4) is 0 Å². The van der Waals surface area contributed by atoms with Crippen molar-refractivity contribution in [3.8, 4) is 5.75 Å². The van der Waals surface area contributed by atoms with E-state index in [1.54, 1.807) is 44.3 Å². The number of benzene rings is 2. The van der Waals surface area contributed by atoms with Crippen molar-refractivity contribution < 1.29 is 13.2 Å². The Balaban J connectivity index is 1.97. The lowest BCUT2D eigenvalue weighted by Crippen LogP contribution is -2.13. The lowest BCUT2D eigenvalue weighted by atomic mass is 10.2. The van der Waals surface area contributed by atoms with Crippen LogP contribution in [0.15, 0.2) is 46.1 Å². The molecule has 1 aromatic heterocycles. The molecule has 0 bridgehead atoms. The number of fused-ring (bicyclic) bond motifs is 1. The maximum Gasteiger partial charge on any atom is 0.307 e. The third-order valence-electron chi connectivity index (χ3n) is 3.72. The van der Waals surface area contributed by atoms with Gasteiger partial charge in [-0.2, -0.15) is 0 Å². The van der Waals surface area contributed by atoms with Crippen LogP contribution < -0.4 is 14.3 Å². The number of nitrogens with zero attached hydrogens (tertiary/aromatic N) is 1. The van der Waals surface area contributed by atoms with E-state index in [4.69, 9.17) is 4.74 Å². The molecule has 2 aromatic carbocycles. The van der Waals surface area contributed by atoms with Gasteiger partial charge in [0.2, 0.25) is 0 Å². The molecule has 0 spiro atoms. The summed E-state index contributed by atoms with van der Waals surface area (Å²) in [7, 11) is -0.496. The average Bonchev–Trinajstić information content (AvgIpc) is 2.81. The summed E-state index contributed by atoms with van der Waals surface area (Å²) < 4.78 is 35.0. The first-order valence-electron chi connectivity index (χ1n) is 7.09. The molecule has 0 saturated carbocycles. The van der Waals surface area contributed by atoms with Crippen molar-refractivity contribution in [3.05, 3.63) is 51.6 Å². The van der Waals surface area contributed by atoms with E-state index in [2.05, 4.69) is 4.72 Å². The van der Waals surface area contributed by atoms with Crippen molar-refractivity contribution in [2.75, 3.05) is 11.8 Å². The van der Waals surface area contributed by atoms with Crippen molar-refractivity contribution >= 4 is 37.3 Å². The lowest BCUT2D eigenvalue weighted by molar-refractivity contribution is 0.411. The second-order valence-corrected chi connectivity index (χ2v) is 8.02. The third-order valence-corrected chi connectivity index (χ3v) is 6.10. The van der Waals surface area contributed by atoms with Crippen LogP contribution in [0.1, 0.15) is 5.56 Å². The van der Waals surface area contributed by atoms with Crippen LogP contribution in [0.5, 0.6) is 5.75 Å². The van der Waals surface area contributed by atoms with Crippen molar-refractivity contribution in [1.82, 2.24) is 4.57 Å². The molecule has 0 unspecified atom stereocenters. The van der Waals surface area contributed by atoms with Crippen molar-refractivity contribution in [2.24, 2.45) is 7.05 Å². The van der Waals surface area contributed by atoms with Crippen molar-refractivity contribution in [3.63, 3.8) is 0 Å². The first-order valence-corrected chi connectivity index (χ1v) is 9.39. The van der Waals surface area contributed by atoms with E-state index in [1.165, 1.54) is 17.7 Å². The third kappa shape index (κ3) is 2.90. The number of methoxy groups -OCH3 is 1. The van der Waals surface area contributed by atoms with Gasteiger partial charge >= 0.3 is 4.87 Å². The van der Waals surface area contributed by atoms with Crippen LogP contribution in [-0.2, 0) is 17.1 Å². The van der Waals surface area contributed by atoms with Crippen LogP contribution in [0.25, 0.3) is 10.2 Å². The monoisotopic (exact) mass is 364 g/mol. The Bertz CT molecular complexity index is 1080. The number of sulfonamides is 1. The van der Waals surface area contributed by atoms with Gasteiger partial charge < -0.3 is 9.30 Å². The van der Waals surface area contributed by atoms with Gasteiger partial charge in [-0.15, -0.1) is 0 Å². The van der Waals surface area contributed by atoms with Gasteiger partial charge in [0, 0.05) is 7.05 Å². The summed E-state index contributed by atoms with van der Waals surface area (Å²) in [6.07, 6.45) is 0. The number of nitrogens with one attached hydrogen (secondary N) is 1. The Kier molecular flexibility index (Phi) is 4.10. The fraction of sp³-hybridized carbons (Fsp3) is 0.188. The first kappa shape index (κ1) is 16.5. The number of thiazole rings is 1. The Labute approximate surface area is 143 Å². The molecule has 1 heterocycles. The van der Waals surface area contributed by atoms with Crippen LogP contribution in [0.2, 0.25) is 0 Å². The van der Waals surface area contributed by atoms with Gasteiger partial charge in [-0.05, 0) is 48.9 Å². The molecule has 0 saturated heterocycles. The predicted octanol–water partition coefficient (Wildman–Crippen LogP) is 2.72. The normalized spacial score (nSPS) is 11.6. The zero-order valence-electron chi connectivity index (χ0n) is 13.4. The molecule has 126 valence electrons. The number of anilines is 1. The summed E-state index contributed by atoms with van der Waals surface area (Å²) in [4.78, 5) is 11.8. The summed E-state index contributed by atoms with van der Waals surface area (Å²) in [5, 5.41) is 0. The fourth-order valence-electron chi connectivity index (χ4n) is 2.43. The molecule has 0 aliphatic heterocycles. The minimum Gasteiger partial charge on any atom is -0.496 e. The van der Waals surface area contributed by atoms with E-state index < -0.39 is 10.0 Å². The summed E-state index contributed by atoms with van der Waals surface area (Å²) in [6.45, 7) is 1.78. The fourth-order valence-corrected chi connectivity index (χ4v) is 4.48. The molecule has 24 heavy (non-hydrogen) atoms. The Morgan fingerprint density at radius 2 is 1.92 bits per heavy atom. The smallest absolute Gasteiger partial charge is 0.307 e. The zero-order valence-corrected chi connectivity index (χ0v) is 15.0. The quantitative estimate of drug-likeness (QED) is 0.772. The van der Waals surface area contributed by atoms with Crippen LogP contribution in [0.4, 0.5) is 5.69 Å². The summed E-state index contributed by atoms with van der Waals surface area (Å²) in [5.74, 6) is 0.629. The van der Waals surface area contributed by atoms with Gasteiger partial charge in [0.15, 0.2) is 0 Å². The molecule has 0 aliphatic rings. The average molecular weight is 364 g/mol. The van der Waals surface area contributed by atoms with Gasteiger partial charge in [0.25, 0.3) is 10.0 Å². The van der Waals surface area contributed by atoms with E-state index in [0.29, 0.717) is 11.4 Å². The molecule has 0 fully saturated rings. The highest BCUT2D eigenvalue weighted by atomic mass is 32.2. The van der Waals surface area contributed by atoms with Gasteiger partial charge in [0.05, 0.1) is 27.9 Å². The Hall–Kier alpha value is -2.32. The number of hydrogen-bond donors (Lipinski definition) is 1. The van der Waals surface area contributed by atoms with E-state index in [0.717, 1.165) is 27.1 Å². The number of hydrogen-bond acceptors (Lipinski definition) is 5. The number of aryl methyl sites for hydroxylation is 2. The van der Waals surface area contributed by atoms with Crippen molar-refractivity contribution in [1.29, 1.82) is 0 Å². The summed E-state index contributed by atoms with van der Waals surface area (Å²) in [6, 6.07) is 9.70. The maximum absolute atomic E-state index is 12.5. The van der Waals surface area contributed by atoms with Crippen LogP contribution in [-0.4, -0.2) is 20.1 Å². The molecular weight excluding hydrogens is 348 g/mol. The second kappa shape index (κ2) is 5.95. The molecule has 6 nitrogen and oxygen atoms in total. The van der Waals surface area contributed by atoms with Gasteiger partial charge in [-0.25, -0.2) is 8.42 Å². The SMILES string of the molecule is COc1ccc(S(=O)(=O)Nc2ccc3c(c2)sc(=O)n3C)cc1C. The molecular formula is C16H16N2O4S2. The number of rotatable bonds is 4. The largest absolute Gasteiger partial charge is 0.496 e. The minimum atomic E-state index is -3.72. The maximum atomic E-state index is 12.5. The van der Waals surface area contributed by atoms with Crippen LogP contribution >= 0.6 is 11.3 Å². The molecule has 8 heteroatoms. The minimum absolute atomic E-state index is 0.0872. The molecule has 1 N–H and O–H groups in total. The second-order valence-electron chi connectivity index (χ2n) is 5.35. The van der Waals surface area contributed by atoms with E-state index >= 15 is 0 Å². The molecule has 0 aliphatic carbocycles. The van der Waals surface area contributed by atoms with Crippen LogP contribution in [0, 0.1) is 6.92 Å². The molecule has 0 radical (unpaired) electrons. The molecule has 0 amide bonds. The predicted molar refractivity (Wildman–Crippen MR) is 95.6 cm³/mol. The van der Waals surface area contributed by atoms with Gasteiger partial charge in [0.1, 0.15) is 5.75 Å². The van der Waals surface area contributed by atoms with Gasteiger partial charge in [-0.1, -0.05) is 11.3 Å². The van der Waals surface area contributed by atoms with E-state index in [-0.39, 0.29) is 9.77 Å².